The Hall–Kier alpha value is -1.85. The van der Waals surface area contributed by atoms with Gasteiger partial charge in [0.25, 0.3) is 0 Å². The third-order valence-electron chi connectivity index (χ3n) is 1.63. The Morgan fingerprint density at radius 3 is 3.00 bits per heavy atom. The first-order valence-electron chi connectivity index (χ1n) is 4.64. The van der Waals surface area contributed by atoms with E-state index in [9.17, 15) is 4.79 Å². The Bertz CT molecular complexity index is 330. The highest BCUT2D eigenvalue weighted by molar-refractivity contribution is 5.74. The zero-order chi connectivity index (χ0) is 11.1. The van der Waals surface area contributed by atoms with Crippen molar-refractivity contribution in [2.75, 3.05) is 30.8 Å². The lowest BCUT2D eigenvalue weighted by atomic mass is 10.5. The maximum atomic E-state index is 10.9. The van der Waals surface area contributed by atoms with Gasteiger partial charge in [0.05, 0.1) is 7.11 Å². The van der Waals surface area contributed by atoms with Crippen LogP contribution in [0.2, 0.25) is 0 Å². The van der Waals surface area contributed by atoms with Crippen LogP contribution in [0, 0.1) is 0 Å². The molecular weight excluding hydrogens is 196 g/mol. The molecule has 6 heteroatoms. The third kappa shape index (κ3) is 3.80. The standard InChI is InChI=1S/C9H14N4O2/c1-3-10-9-11-5-4-7(13-9)12-6-8(14)15-2/h4-5H,3,6H2,1-2H3,(H2,10,11,12,13). The van der Waals surface area contributed by atoms with Crippen LogP contribution in [0.25, 0.3) is 0 Å². The minimum atomic E-state index is -0.335. The quantitative estimate of drug-likeness (QED) is 0.689. The number of carbonyl (C=O) groups excluding carboxylic acids is 1. The molecule has 0 unspecified atom stereocenters. The molecule has 0 aliphatic carbocycles. The molecular formula is C9H14N4O2. The molecule has 0 fully saturated rings. The summed E-state index contributed by atoms with van der Waals surface area (Å²) in [6, 6.07) is 1.68. The zero-order valence-corrected chi connectivity index (χ0v) is 8.78. The number of hydrogen-bond acceptors (Lipinski definition) is 6. The fourth-order valence-corrected chi connectivity index (χ4v) is 0.935. The molecule has 1 rings (SSSR count). The molecule has 15 heavy (non-hydrogen) atoms. The Labute approximate surface area is 88.1 Å². The van der Waals surface area contributed by atoms with Crippen LogP contribution in [0.1, 0.15) is 6.92 Å². The fraction of sp³-hybridized carbons (Fsp3) is 0.444. The van der Waals surface area contributed by atoms with Crippen LogP contribution < -0.4 is 10.6 Å². The van der Waals surface area contributed by atoms with Crippen molar-refractivity contribution in [2.24, 2.45) is 0 Å². The first-order chi connectivity index (χ1) is 7.26. The SMILES string of the molecule is CCNc1nccc(NCC(=O)OC)n1. The van der Waals surface area contributed by atoms with E-state index in [4.69, 9.17) is 0 Å². The molecule has 0 amide bonds. The molecule has 0 spiro atoms. The number of ether oxygens (including phenoxy) is 1. The van der Waals surface area contributed by atoms with Crippen molar-refractivity contribution in [1.29, 1.82) is 0 Å². The van der Waals surface area contributed by atoms with Gasteiger partial charge in [-0.05, 0) is 13.0 Å². The Morgan fingerprint density at radius 1 is 1.53 bits per heavy atom. The Balaban J connectivity index is 2.53. The second-order valence-corrected chi connectivity index (χ2v) is 2.73. The number of nitrogens with zero attached hydrogens (tertiary/aromatic N) is 2. The second-order valence-electron chi connectivity index (χ2n) is 2.73. The van der Waals surface area contributed by atoms with Gasteiger partial charge in [0, 0.05) is 12.7 Å². The van der Waals surface area contributed by atoms with E-state index < -0.39 is 0 Å². The van der Waals surface area contributed by atoms with Crippen LogP contribution in [-0.4, -0.2) is 36.1 Å². The van der Waals surface area contributed by atoms with Crippen molar-refractivity contribution in [3.05, 3.63) is 12.3 Å². The molecule has 0 atom stereocenters. The maximum absolute atomic E-state index is 10.9. The topological polar surface area (TPSA) is 76.1 Å². The van der Waals surface area contributed by atoms with Crippen LogP contribution >= 0.6 is 0 Å². The summed E-state index contributed by atoms with van der Waals surface area (Å²) in [4.78, 5) is 19.0. The molecule has 0 saturated carbocycles. The van der Waals surface area contributed by atoms with E-state index in [1.54, 1.807) is 12.3 Å². The highest BCUT2D eigenvalue weighted by Crippen LogP contribution is 2.04. The van der Waals surface area contributed by atoms with Crippen molar-refractivity contribution < 1.29 is 9.53 Å². The average molecular weight is 210 g/mol. The average Bonchev–Trinajstić information content (AvgIpc) is 2.27. The van der Waals surface area contributed by atoms with Gasteiger partial charge < -0.3 is 15.4 Å². The van der Waals surface area contributed by atoms with E-state index in [0.717, 1.165) is 6.54 Å². The summed E-state index contributed by atoms with van der Waals surface area (Å²) >= 11 is 0. The molecule has 1 aromatic rings. The normalized spacial score (nSPS) is 9.47. The van der Waals surface area contributed by atoms with Crippen molar-refractivity contribution in [3.8, 4) is 0 Å². The van der Waals surface area contributed by atoms with Gasteiger partial charge in [-0.1, -0.05) is 0 Å². The van der Waals surface area contributed by atoms with Crippen molar-refractivity contribution in [1.82, 2.24) is 9.97 Å². The number of hydrogen-bond donors (Lipinski definition) is 2. The molecule has 82 valence electrons. The molecule has 0 aromatic carbocycles. The van der Waals surface area contributed by atoms with Gasteiger partial charge in [-0.3, -0.25) is 4.79 Å². The maximum Gasteiger partial charge on any atom is 0.325 e. The molecule has 0 bridgehead atoms. The highest BCUT2D eigenvalue weighted by atomic mass is 16.5. The minimum Gasteiger partial charge on any atom is -0.468 e. The first-order valence-corrected chi connectivity index (χ1v) is 4.64. The van der Waals surface area contributed by atoms with Gasteiger partial charge in [-0.25, -0.2) is 4.98 Å². The summed E-state index contributed by atoms with van der Waals surface area (Å²) in [7, 11) is 1.34. The predicted molar refractivity (Wildman–Crippen MR) is 56.7 cm³/mol. The first kappa shape index (κ1) is 11.2. The number of nitrogens with one attached hydrogen (secondary N) is 2. The lowest BCUT2D eigenvalue weighted by Gasteiger charge is -2.05. The number of esters is 1. The molecule has 0 aliphatic rings. The lowest BCUT2D eigenvalue weighted by Crippen LogP contribution is -2.16. The highest BCUT2D eigenvalue weighted by Gasteiger charge is 2.01. The van der Waals surface area contributed by atoms with Gasteiger partial charge in [0.1, 0.15) is 12.4 Å². The van der Waals surface area contributed by atoms with Crippen molar-refractivity contribution in [3.63, 3.8) is 0 Å². The van der Waals surface area contributed by atoms with Gasteiger partial charge in [-0.15, -0.1) is 0 Å². The van der Waals surface area contributed by atoms with Crippen LogP contribution in [0.4, 0.5) is 11.8 Å². The van der Waals surface area contributed by atoms with Crippen molar-refractivity contribution >= 4 is 17.7 Å². The summed E-state index contributed by atoms with van der Waals surface area (Å²) < 4.78 is 4.49. The minimum absolute atomic E-state index is 0.0963. The second kappa shape index (κ2) is 5.79. The largest absolute Gasteiger partial charge is 0.468 e. The number of rotatable bonds is 5. The van der Waals surface area contributed by atoms with E-state index in [1.807, 2.05) is 6.92 Å². The predicted octanol–water partition coefficient (Wildman–Crippen LogP) is 0.493. The van der Waals surface area contributed by atoms with E-state index in [0.29, 0.717) is 11.8 Å². The van der Waals surface area contributed by atoms with Gasteiger partial charge in [-0.2, -0.15) is 4.98 Å². The molecule has 2 N–H and O–H groups in total. The van der Waals surface area contributed by atoms with Gasteiger partial charge in [0.2, 0.25) is 5.95 Å². The molecule has 0 saturated heterocycles. The van der Waals surface area contributed by atoms with Crippen LogP contribution in [0.3, 0.4) is 0 Å². The summed E-state index contributed by atoms with van der Waals surface area (Å²) in [5.41, 5.74) is 0. The smallest absolute Gasteiger partial charge is 0.325 e. The number of aromatic nitrogens is 2. The molecule has 1 heterocycles. The van der Waals surface area contributed by atoms with Crippen molar-refractivity contribution in [2.45, 2.75) is 6.92 Å². The molecule has 0 radical (unpaired) electrons. The zero-order valence-electron chi connectivity index (χ0n) is 8.78. The summed E-state index contributed by atoms with van der Waals surface area (Å²) in [5.74, 6) is 0.789. The van der Waals surface area contributed by atoms with Gasteiger partial charge in [0.15, 0.2) is 0 Å². The fourth-order valence-electron chi connectivity index (χ4n) is 0.935. The summed E-state index contributed by atoms with van der Waals surface area (Å²) in [6.45, 7) is 2.80. The molecule has 0 aliphatic heterocycles. The van der Waals surface area contributed by atoms with E-state index in [1.165, 1.54) is 7.11 Å². The number of anilines is 2. The van der Waals surface area contributed by atoms with Crippen LogP contribution in [-0.2, 0) is 9.53 Å². The Morgan fingerprint density at radius 2 is 2.33 bits per heavy atom. The third-order valence-corrected chi connectivity index (χ3v) is 1.63. The number of methoxy groups -OCH3 is 1. The number of carbonyl (C=O) groups is 1. The molecule has 6 nitrogen and oxygen atoms in total. The van der Waals surface area contributed by atoms with Crippen LogP contribution in [0.5, 0.6) is 0 Å². The summed E-state index contributed by atoms with van der Waals surface area (Å²) in [6.07, 6.45) is 1.62. The monoisotopic (exact) mass is 210 g/mol. The summed E-state index contributed by atoms with van der Waals surface area (Å²) in [5, 5.41) is 5.80. The van der Waals surface area contributed by atoms with Crippen LogP contribution in [0.15, 0.2) is 12.3 Å². The van der Waals surface area contributed by atoms with E-state index in [2.05, 4.69) is 25.3 Å². The van der Waals surface area contributed by atoms with E-state index in [-0.39, 0.29) is 12.5 Å². The lowest BCUT2D eigenvalue weighted by molar-refractivity contribution is -0.138. The molecule has 1 aromatic heterocycles. The van der Waals surface area contributed by atoms with E-state index >= 15 is 0 Å². The van der Waals surface area contributed by atoms with Gasteiger partial charge >= 0.3 is 5.97 Å². The Kier molecular flexibility index (Phi) is 4.33.